The predicted octanol–water partition coefficient (Wildman–Crippen LogP) is 3.85. The van der Waals surface area contributed by atoms with E-state index in [0.29, 0.717) is 10.4 Å². The topological polar surface area (TPSA) is 20.3 Å². The lowest BCUT2D eigenvalue weighted by atomic mass is 9.91. The number of carbonyl (C=O) groups is 1. The van der Waals surface area contributed by atoms with Crippen molar-refractivity contribution in [2.75, 3.05) is 6.54 Å². The molecule has 1 heterocycles. The van der Waals surface area contributed by atoms with Crippen molar-refractivity contribution in [3.8, 4) is 0 Å². The molecule has 2 unspecified atom stereocenters. The molecule has 2 nitrogen and oxygen atoms in total. The summed E-state index contributed by atoms with van der Waals surface area (Å²) in [6.45, 7) is 4.90. The van der Waals surface area contributed by atoms with Gasteiger partial charge < -0.3 is 4.90 Å². The highest BCUT2D eigenvalue weighted by Gasteiger charge is 2.30. The largest absolute Gasteiger partial charge is 0.336 e. The van der Waals surface area contributed by atoms with Gasteiger partial charge in [-0.2, -0.15) is 0 Å². The number of amides is 1. The average Bonchev–Trinajstić information content (AvgIpc) is 2.32. The highest BCUT2D eigenvalue weighted by Crippen LogP contribution is 2.25. The van der Waals surface area contributed by atoms with Crippen molar-refractivity contribution in [3.63, 3.8) is 0 Å². The Morgan fingerprint density at radius 3 is 2.83 bits per heavy atom. The normalized spacial score (nSPS) is 24.1. The molecule has 0 saturated carbocycles. The number of likely N-dealkylation sites (tertiary alicyclic amines) is 1. The van der Waals surface area contributed by atoms with E-state index in [9.17, 15) is 9.18 Å². The fourth-order valence-corrected chi connectivity index (χ4v) is 2.77. The summed E-state index contributed by atoms with van der Waals surface area (Å²) >= 11 is 3.20. The lowest BCUT2D eigenvalue weighted by Gasteiger charge is -2.38. The zero-order valence-corrected chi connectivity index (χ0v) is 12.2. The van der Waals surface area contributed by atoms with E-state index in [0.717, 1.165) is 19.4 Å². The Kier molecular flexibility index (Phi) is 4.05. The molecule has 2 atom stereocenters. The number of hydrogen-bond donors (Lipinski definition) is 0. The van der Waals surface area contributed by atoms with Gasteiger partial charge in [0, 0.05) is 17.1 Å². The molecule has 0 aromatic heterocycles. The van der Waals surface area contributed by atoms with E-state index in [2.05, 4.69) is 22.9 Å². The van der Waals surface area contributed by atoms with Crippen LogP contribution in [0.15, 0.2) is 22.7 Å². The van der Waals surface area contributed by atoms with Crippen molar-refractivity contribution >= 4 is 21.8 Å². The molecule has 0 spiro atoms. The number of hydrogen-bond acceptors (Lipinski definition) is 1. The van der Waals surface area contributed by atoms with Crippen LogP contribution < -0.4 is 0 Å². The second-order valence-corrected chi connectivity index (χ2v) is 5.90. The standard InChI is InChI=1S/C14H17BrFNO/c1-9-4-3-7-17(10(9)2)14(18)12-6-5-11(15)8-13(12)16/h5-6,8-10H,3-4,7H2,1-2H3. The van der Waals surface area contributed by atoms with Crippen LogP contribution in [-0.4, -0.2) is 23.4 Å². The Hall–Kier alpha value is -0.900. The molecule has 0 radical (unpaired) electrons. The molecule has 1 aliphatic heterocycles. The molecule has 98 valence electrons. The van der Waals surface area contributed by atoms with Gasteiger partial charge in [0.1, 0.15) is 5.82 Å². The third-order valence-corrected chi connectivity index (χ3v) is 4.29. The van der Waals surface area contributed by atoms with Gasteiger partial charge >= 0.3 is 0 Å². The first-order valence-corrected chi connectivity index (χ1v) is 7.06. The SMILES string of the molecule is CC1CCCN(C(=O)c2ccc(Br)cc2F)C1C. The van der Waals surface area contributed by atoms with Gasteiger partial charge in [-0.3, -0.25) is 4.79 Å². The fraction of sp³-hybridized carbons (Fsp3) is 0.500. The number of carbonyl (C=O) groups excluding carboxylic acids is 1. The fourth-order valence-electron chi connectivity index (χ4n) is 2.44. The highest BCUT2D eigenvalue weighted by molar-refractivity contribution is 9.10. The zero-order valence-electron chi connectivity index (χ0n) is 10.6. The number of rotatable bonds is 1. The molecule has 18 heavy (non-hydrogen) atoms. The summed E-state index contributed by atoms with van der Waals surface area (Å²) in [7, 11) is 0. The van der Waals surface area contributed by atoms with Crippen LogP contribution >= 0.6 is 15.9 Å². The Balaban J connectivity index is 2.25. The lowest BCUT2D eigenvalue weighted by Crippen LogP contribution is -2.46. The van der Waals surface area contributed by atoms with Crippen molar-refractivity contribution in [2.24, 2.45) is 5.92 Å². The number of benzene rings is 1. The van der Waals surface area contributed by atoms with E-state index < -0.39 is 5.82 Å². The van der Waals surface area contributed by atoms with E-state index in [1.165, 1.54) is 6.07 Å². The molecule has 0 aliphatic carbocycles. The summed E-state index contributed by atoms with van der Waals surface area (Å²) in [5.41, 5.74) is 0.166. The smallest absolute Gasteiger partial charge is 0.257 e. The number of halogens is 2. The highest BCUT2D eigenvalue weighted by atomic mass is 79.9. The number of nitrogens with zero attached hydrogens (tertiary/aromatic N) is 1. The summed E-state index contributed by atoms with van der Waals surface area (Å²) in [6, 6.07) is 4.77. The van der Waals surface area contributed by atoms with Crippen molar-refractivity contribution in [1.29, 1.82) is 0 Å². The first kappa shape index (κ1) is 13.5. The Bertz CT molecular complexity index is 463. The first-order valence-electron chi connectivity index (χ1n) is 6.26. The van der Waals surface area contributed by atoms with Gasteiger partial charge in [0.25, 0.3) is 5.91 Å². The molecule has 1 amide bonds. The van der Waals surface area contributed by atoms with Crippen LogP contribution in [-0.2, 0) is 0 Å². The second kappa shape index (κ2) is 5.39. The summed E-state index contributed by atoms with van der Waals surface area (Å²) in [5.74, 6) is -0.180. The van der Waals surface area contributed by atoms with Crippen LogP contribution in [0.5, 0.6) is 0 Å². The Morgan fingerprint density at radius 2 is 2.17 bits per heavy atom. The van der Waals surface area contributed by atoms with Crippen LogP contribution in [0.1, 0.15) is 37.0 Å². The van der Waals surface area contributed by atoms with E-state index in [1.807, 2.05) is 6.92 Å². The molecule has 0 bridgehead atoms. The third kappa shape index (κ3) is 2.58. The van der Waals surface area contributed by atoms with Crippen molar-refractivity contribution < 1.29 is 9.18 Å². The second-order valence-electron chi connectivity index (χ2n) is 4.98. The predicted molar refractivity (Wildman–Crippen MR) is 73.0 cm³/mol. The summed E-state index contributed by atoms with van der Waals surface area (Å²) in [6.07, 6.45) is 2.13. The molecule has 0 N–H and O–H groups in total. The van der Waals surface area contributed by atoms with E-state index >= 15 is 0 Å². The van der Waals surface area contributed by atoms with E-state index in [4.69, 9.17) is 0 Å². The maximum absolute atomic E-state index is 13.8. The summed E-state index contributed by atoms with van der Waals surface area (Å²) < 4.78 is 14.5. The van der Waals surface area contributed by atoms with Crippen LogP contribution in [0.4, 0.5) is 4.39 Å². The van der Waals surface area contributed by atoms with Gasteiger partial charge in [0.2, 0.25) is 0 Å². The molecular weight excluding hydrogens is 297 g/mol. The van der Waals surface area contributed by atoms with Gasteiger partial charge in [0.15, 0.2) is 0 Å². The first-order chi connectivity index (χ1) is 8.50. The Morgan fingerprint density at radius 1 is 1.44 bits per heavy atom. The molecule has 1 saturated heterocycles. The molecule has 1 aromatic carbocycles. The zero-order chi connectivity index (χ0) is 13.3. The molecule has 1 fully saturated rings. The van der Waals surface area contributed by atoms with Gasteiger partial charge in [0.05, 0.1) is 5.56 Å². The van der Waals surface area contributed by atoms with Crippen LogP contribution in [0.2, 0.25) is 0 Å². The van der Waals surface area contributed by atoms with Crippen molar-refractivity contribution in [2.45, 2.75) is 32.7 Å². The molecule has 1 aliphatic rings. The van der Waals surface area contributed by atoms with Crippen LogP contribution in [0.3, 0.4) is 0 Å². The quantitative estimate of drug-likeness (QED) is 0.771. The maximum atomic E-state index is 13.8. The van der Waals surface area contributed by atoms with Crippen LogP contribution in [0, 0.1) is 11.7 Å². The van der Waals surface area contributed by atoms with Gasteiger partial charge in [-0.05, 0) is 43.9 Å². The molecule has 2 rings (SSSR count). The van der Waals surface area contributed by atoms with Gasteiger partial charge in [-0.25, -0.2) is 4.39 Å². The number of piperidine rings is 1. The molecule has 1 aromatic rings. The maximum Gasteiger partial charge on any atom is 0.257 e. The van der Waals surface area contributed by atoms with Crippen LogP contribution in [0.25, 0.3) is 0 Å². The molecule has 4 heteroatoms. The minimum atomic E-state index is -0.459. The van der Waals surface area contributed by atoms with E-state index in [-0.39, 0.29) is 17.5 Å². The van der Waals surface area contributed by atoms with Crippen molar-refractivity contribution in [3.05, 3.63) is 34.1 Å². The minimum Gasteiger partial charge on any atom is -0.336 e. The minimum absolute atomic E-state index is 0.166. The van der Waals surface area contributed by atoms with E-state index in [1.54, 1.807) is 17.0 Å². The van der Waals surface area contributed by atoms with Crippen molar-refractivity contribution in [1.82, 2.24) is 4.90 Å². The Labute approximate surface area is 115 Å². The third-order valence-electron chi connectivity index (χ3n) is 3.80. The van der Waals surface area contributed by atoms with Gasteiger partial charge in [-0.1, -0.05) is 22.9 Å². The summed E-state index contributed by atoms with van der Waals surface area (Å²) in [4.78, 5) is 14.2. The lowest BCUT2D eigenvalue weighted by molar-refractivity contribution is 0.0546. The molecular formula is C14H17BrFNO. The monoisotopic (exact) mass is 313 g/mol. The van der Waals surface area contributed by atoms with Gasteiger partial charge in [-0.15, -0.1) is 0 Å². The summed E-state index contributed by atoms with van der Waals surface area (Å²) in [5, 5.41) is 0. The average molecular weight is 314 g/mol.